The molecule has 148 valence electrons. The van der Waals surface area contributed by atoms with Crippen LogP contribution in [-0.2, 0) is 0 Å². The number of alkyl halides is 2. The quantitative estimate of drug-likeness (QED) is 0.781. The van der Waals surface area contributed by atoms with Gasteiger partial charge < -0.3 is 9.80 Å². The van der Waals surface area contributed by atoms with Gasteiger partial charge in [0.2, 0.25) is 0 Å². The Labute approximate surface area is 163 Å². The van der Waals surface area contributed by atoms with Crippen molar-refractivity contribution in [3.63, 3.8) is 0 Å². The Morgan fingerprint density at radius 1 is 0.821 bits per heavy atom. The molecule has 5 rings (SSSR count). The molecule has 6 nitrogen and oxygen atoms in total. The first-order valence-electron chi connectivity index (χ1n) is 10.2. The summed E-state index contributed by atoms with van der Waals surface area (Å²) in [5.74, 6) is 3.01. The highest BCUT2D eigenvalue weighted by Gasteiger charge is 2.30. The standard InChI is InChI=1S/C20H24F2N6/c21-19(22)16-11-18(26-20(25-16)14-4-5-14)28-8-6-27(7-9-28)17-10-15(23-12-24-17)13-2-1-3-13/h10-14,19H,1-9H2. The van der Waals surface area contributed by atoms with Crippen LogP contribution >= 0.6 is 0 Å². The fraction of sp³-hybridized carbons (Fsp3) is 0.600. The van der Waals surface area contributed by atoms with E-state index in [-0.39, 0.29) is 11.6 Å². The van der Waals surface area contributed by atoms with Crippen LogP contribution in [-0.4, -0.2) is 46.1 Å². The average molecular weight is 386 g/mol. The van der Waals surface area contributed by atoms with Crippen LogP contribution in [0.25, 0.3) is 0 Å². The molecule has 3 fully saturated rings. The monoisotopic (exact) mass is 386 g/mol. The molecule has 3 aliphatic rings. The Bertz CT molecular complexity index is 824. The molecule has 28 heavy (non-hydrogen) atoms. The predicted octanol–water partition coefficient (Wildman–Crippen LogP) is 3.68. The second-order valence-corrected chi connectivity index (χ2v) is 7.99. The van der Waals surface area contributed by atoms with Gasteiger partial charge in [0.05, 0.1) is 0 Å². The van der Waals surface area contributed by atoms with E-state index in [2.05, 4.69) is 35.8 Å². The minimum absolute atomic E-state index is 0.157. The van der Waals surface area contributed by atoms with Gasteiger partial charge in [-0.3, -0.25) is 0 Å². The lowest BCUT2D eigenvalue weighted by Crippen LogP contribution is -2.47. The first-order chi connectivity index (χ1) is 13.7. The first-order valence-corrected chi connectivity index (χ1v) is 10.2. The lowest BCUT2D eigenvalue weighted by molar-refractivity contribution is 0.145. The number of nitrogens with zero attached hydrogens (tertiary/aromatic N) is 6. The maximum absolute atomic E-state index is 13.3. The summed E-state index contributed by atoms with van der Waals surface area (Å²) in [6.45, 7) is 3.03. The zero-order valence-corrected chi connectivity index (χ0v) is 15.8. The topological polar surface area (TPSA) is 58.0 Å². The van der Waals surface area contributed by atoms with E-state index in [0.717, 1.165) is 50.5 Å². The third kappa shape index (κ3) is 3.52. The van der Waals surface area contributed by atoms with Crippen molar-refractivity contribution < 1.29 is 8.78 Å². The highest BCUT2D eigenvalue weighted by molar-refractivity contribution is 5.46. The summed E-state index contributed by atoms with van der Waals surface area (Å²) in [5.41, 5.74) is 0.986. The van der Waals surface area contributed by atoms with Crippen molar-refractivity contribution in [2.45, 2.75) is 50.4 Å². The lowest BCUT2D eigenvalue weighted by Gasteiger charge is -2.36. The van der Waals surface area contributed by atoms with Crippen LogP contribution in [0.3, 0.4) is 0 Å². The van der Waals surface area contributed by atoms with Crippen LogP contribution in [0.2, 0.25) is 0 Å². The predicted molar refractivity (Wildman–Crippen MR) is 102 cm³/mol. The first kappa shape index (κ1) is 17.7. The molecule has 2 aliphatic carbocycles. The van der Waals surface area contributed by atoms with Crippen molar-refractivity contribution in [1.82, 2.24) is 19.9 Å². The summed E-state index contributed by atoms with van der Waals surface area (Å²) in [6.07, 6.45) is 4.81. The van der Waals surface area contributed by atoms with Crippen LogP contribution in [0.5, 0.6) is 0 Å². The van der Waals surface area contributed by atoms with E-state index in [9.17, 15) is 8.78 Å². The van der Waals surface area contributed by atoms with E-state index in [1.165, 1.54) is 25.3 Å². The average Bonchev–Trinajstić information content (AvgIpc) is 3.52. The summed E-state index contributed by atoms with van der Waals surface area (Å²) in [6, 6.07) is 3.57. The van der Waals surface area contributed by atoms with Crippen molar-refractivity contribution in [2.75, 3.05) is 36.0 Å². The zero-order chi connectivity index (χ0) is 19.1. The molecule has 0 atom stereocenters. The number of rotatable bonds is 5. The Morgan fingerprint density at radius 2 is 1.54 bits per heavy atom. The van der Waals surface area contributed by atoms with E-state index in [0.29, 0.717) is 17.6 Å². The van der Waals surface area contributed by atoms with E-state index >= 15 is 0 Å². The Kier molecular flexibility index (Phi) is 4.56. The van der Waals surface area contributed by atoms with Crippen molar-refractivity contribution >= 4 is 11.6 Å². The molecular formula is C20H24F2N6. The van der Waals surface area contributed by atoms with Gasteiger partial charge in [-0.1, -0.05) is 6.42 Å². The van der Waals surface area contributed by atoms with Gasteiger partial charge in [0.25, 0.3) is 6.43 Å². The van der Waals surface area contributed by atoms with E-state index in [1.54, 1.807) is 6.33 Å². The maximum atomic E-state index is 13.3. The second-order valence-electron chi connectivity index (χ2n) is 7.99. The number of aromatic nitrogens is 4. The van der Waals surface area contributed by atoms with Crippen LogP contribution in [0.15, 0.2) is 18.5 Å². The van der Waals surface area contributed by atoms with Crippen molar-refractivity contribution in [1.29, 1.82) is 0 Å². The van der Waals surface area contributed by atoms with Gasteiger partial charge in [-0.05, 0) is 25.7 Å². The summed E-state index contributed by atoms with van der Waals surface area (Å²) >= 11 is 0. The van der Waals surface area contributed by atoms with Gasteiger partial charge in [0.1, 0.15) is 29.5 Å². The number of halogens is 2. The molecule has 1 aliphatic heterocycles. The molecule has 0 bridgehead atoms. The largest absolute Gasteiger partial charge is 0.353 e. The summed E-state index contributed by atoms with van der Waals surface area (Å²) in [7, 11) is 0. The van der Waals surface area contributed by atoms with Crippen molar-refractivity contribution in [2.24, 2.45) is 0 Å². The van der Waals surface area contributed by atoms with E-state index in [1.807, 2.05) is 0 Å². The molecular weight excluding hydrogens is 362 g/mol. The summed E-state index contributed by atoms with van der Waals surface area (Å²) in [4.78, 5) is 21.9. The third-order valence-electron chi connectivity index (χ3n) is 6.04. The molecule has 0 aromatic carbocycles. The number of anilines is 2. The highest BCUT2D eigenvalue weighted by atomic mass is 19.3. The molecule has 2 aromatic heterocycles. The molecule has 0 unspecified atom stereocenters. The molecule has 8 heteroatoms. The molecule has 0 N–H and O–H groups in total. The number of hydrogen-bond acceptors (Lipinski definition) is 6. The summed E-state index contributed by atoms with van der Waals surface area (Å²) in [5, 5.41) is 0. The normalized spacial score (nSPS) is 20.5. The number of piperazine rings is 1. The molecule has 0 amide bonds. The minimum Gasteiger partial charge on any atom is -0.353 e. The van der Waals surface area contributed by atoms with Crippen LogP contribution in [0, 0.1) is 0 Å². The fourth-order valence-corrected chi connectivity index (χ4v) is 3.90. The van der Waals surface area contributed by atoms with Crippen LogP contribution < -0.4 is 9.80 Å². The van der Waals surface area contributed by atoms with E-state index < -0.39 is 6.43 Å². The van der Waals surface area contributed by atoms with Gasteiger partial charge in [-0.15, -0.1) is 0 Å². The third-order valence-corrected chi connectivity index (χ3v) is 6.04. The lowest BCUT2D eigenvalue weighted by atomic mass is 9.83. The zero-order valence-electron chi connectivity index (χ0n) is 15.8. The molecule has 3 heterocycles. The second kappa shape index (κ2) is 7.22. The van der Waals surface area contributed by atoms with Crippen LogP contribution in [0.1, 0.15) is 67.6 Å². The van der Waals surface area contributed by atoms with Crippen molar-refractivity contribution in [3.8, 4) is 0 Å². The Hall–Kier alpha value is -2.38. The van der Waals surface area contributed by atoms with Gasteiger partial charge >= 0.3 is 0 Å². The molecule has 2 aromatic rings. The van der Waals surface area contributed by atoms with E-state index in [4.69, 9.17) is 0 Å². The Balaban J connectivity index is 1.29. The van der Waals surface area contributed by atoms with Gasteiger partial charge in [0, 0.05) is 55.8 Å². The smallest absolute Gasteiger partial charge is 0.280 e. The molecule has 0 spiro atoms. The Morgan fingerprint density at radius 3 is 2.14 bits per heavy atom. The number of hydrogen-bond donors (Lipinski definition) is 0. The van der Waals surface area contributed by atoms with Crippen LogP contribution in [0.4, 0.5) is 20.4 Å². The molecule has 2 saturated carbocycles. The maximum Gasteiger partial charge on any atom is 0.280 e. The van der Waals surface area contributed by atoms with Gasteiger partial charge in [-0.25, -0.2) is 28.7 Å². The van der Waals surface area contributed by atoms with Gasteiger partial charge in [0.15, 0.2) is 0 Å². The molecule has 0 radical (unpaired) electrons. The van der Waals surface area contributed by atoms with Crippen molar-refractivity contribution in [3.05, 3.63) is 35.7 Å². The molecule has 1 saturated heterocycles. The minimum atomic E-state index is -2.56. The van der Waals surface area contributed by atoms with Gasteiger partial charge in [-0.2, -0.15) is 0 Å². The SMILES string of the molecule is FC(F)c1cc(N2CCN(c3cc(C4CCC4)ncn3)CC2)nc(C2CC2)n1. The highest BCUT2D eigenvalue weighted by Crippen LogP contribution is 2.39. The fourth-order valence-electron chi connectivity index (χ4n) is 3.90. The summed E-state index contributed by atoms with van der Waals surface area (Å²) < 4.78 is 26.5.